The van der Waals surface area contributed by atoms with Crippen molar-refractivity contribution in [1.29, 1.82) is 0 Å². The molecule has 0 radical (unpaired) electrons. The molecular formula is C11H10BrNO2. The monoisotopic (exact) mass is 267 g/mol. The van der Waals surface area contributed by atoms with Gasteiger partial charge in [0, 0.05) is 18.0 Å². The summed E-state index contributed by atoms with van der Waals surface area (Å²) in [6, 6.07) is 5.76. The van der Waals surface area contributed by atoms with E-state index in [-0.39, 0.29) is 0 Å². The highest BCUT2D eigenvalue weighted by Gasteiger charge is 2.19. The third-order valence-electron chi connectivity index (χ3n) is 2.58. The van der Waals surface area contributed by atoms with Crippen LogP contribution in [0.4, 0.5) is 0 Å². The van der Waals surface area contributed by atoms with Crippen LogP contribution in [-0.4, -0.2) is 15.6 Å². The number of halogens is 1. The molecule has 0 aliphatic heterocycles. The van der Waals surface area contributed by atoms with Crippen LogP contribution in [0, 0.1) is 6.92 Å². The molecule has 3 nitrogen and oxygen atoms in total. The largest absolute Gasteiger partial charge is 0.478 e. The SMILES string of the molecule is Cc1cccc2c1c(C(=O)O)c(Br)n2C. The van der Waals surface area contributed by atoms with Crippen LogP contribution in [0.15, 0.2) is 22.8 Å². The Labute approximate surface area is 95.5 Å². The number of aromatic nitrogens is 1. The van der Waals surface area contributed by atoms with Gasteiger partial charge in [-0.3, -0.25) is 0 Å². The van der Waals surface area contributed by atoms with E-state index in [1.165, 1.54) is 0 Å². The van der Waals surface area contributed by atoms with Crippen LogP contribution in [0.5, 0.6) is 0 Å². The molecule has 4 heteroatoms. The Balaban J connectivity index is 3.02. The van der Waals surface area contributed by atoms with E-state index in [4.69, 9.17) is 5.11 Å². The summed E-state index contributed by atoms with van der Waals surface area (Å²) in [5, 5.41) is 9.96. The maximum atomic E-state index is 11.2. The average molecular weight is 268 g/mol. The minimum Gasteiger partial charge on any atom is -0.478 e. The molecule has 1 aromatic carbocycles. The molecule has 0 fully saturated rings. The van der Waals surface area contributed by atoms with Crippen LogP contribution >= 0.6 is 15.9 Å². The molecule has 0 saturated heterocycles. The smallest absolute Gasteiger partial charge is 0.339 e. The summed E-state index contributed by atoms with van der Waals surface area (Å²) >= 11 is 3.31. The number of aryl methyl sites for hydroxylation is 2. The maximum absolute atomic E-state index is 11.2. The normalized spacial score (nSPS) is 10.9. The highest BCUT2D eigenvalue weighted by atomic mass is 79.9. The summed E-state index contributed by atoms with van der Waals surface area (Å²) in [6.07, 6.45) is 0. The summed E-state index contributed by atoms with van der Waals surface area (Å²) < 4.78 is 2.45. The Hall–Kier alpha value is -1.29. The van der Waals surface area contributed by atoms with Gasteiger partial charge in [0.05, 0.1) is 5.56 Å². The van der Waals surface area contributed by atoms with Gasteiger partial charge >= 0.3 is 5.97 Å². The van der Waals surface area contributed by atoms with E-state index < -0.39 is 5.97 Å². The lowest BCUT2D eigenvalue weighted by Gasteiger charge is -1.98. The molecule has 15 heavy (non-hydrogen) atoms. The molecule has 0 amide bonds. The van der Waals surface area contributed by atoms with E-state index in [9.17, 15) is 4.79 Å². The molecule has 0 bridgehead atoms. The van der Waals surface area contributed by atoms with Gasteiger partial charge in [0.1, 0.15) is 4.60 Å². The fourth-order valence-electron chi connectivity index (χ4n) is 1.83. The molecule has 1 N–H and O–H groups in total. The van der Waals surface area contributed by atoms with Crippen molar-refractivity contribution in [2.24, 2.45) is 7.05 Å². The molecule has 78 valence electrons. The molecule has 0 unspecified atom stereocenters. The van der Waals surface area contributed by atoms with Gasteiger partial charge in [0.2, 0.25) is 0 Å². The zero-order chi connectivity index (χ0) is 11.2. The Bertz CT molecular complexity index is 557. The van der Waals surface area contributed by atoms with Gasteiger partial charge in [-0.2, -0.15) is 0 Å². The van der Waals surface area contributed by atoms with E-state index in [1.807, 2.05) is 36.7 Å². The van der Waals surface area contributed by atoms with Crippen LogP contribution in [0.3, 0.4) is 0 Å². The molecule has 0 aliphatic rings. The number of nitrogens with zero attached hydrogens (tertiary/aromatic N) is 1. The van der Waals surface area contributed by atoms with Crippen molar-refractivity contribution < 1.29 is 9.90 Å². The van der Waals surface area contributed by atoms with Gasteiger partial charge in [0.25, 0.3) is 0 Å². The van der Waals surface area contributed by atoms with E-state index in [2.05, 4.69) is 15.9 Å². The zero-order valence-electron chi connectivity index (χ0n) is 8.41. The highest BCUT2D eigenvalue weighted by molar-refractivity contribution is 9.10. The lowest BCUT2D eigenvalue weighted by molar-refractivity contribution is 0.0697. The second-order valence-corrected chi connectivity index (χ2v) is 4.25. The number of aromatic carboxylic acids is 1. The van der Waals surface area contributed by atoms with E-state index in [0.717, 1.165) is 16.5 Å². The minimum atomic E-state index is -0.901. The van der Waals surface area contributed by atoms with Crippen LogP contribution in [0.2, 0.25) is 0 Å². The van der Waals surface area contributed by atoms with Crippen LogP contribution in [-0.2, 0) is 7.05 Å². The van der Waals surface area contributed by atoms with Gasteiger partial charge in [-0.1, -0.05) is 12.1 Å². The number of benzene rings is 1. The van der Waals surface area contributed by atoms with Crippen molar-refractivity contribution >= 4 is 32.8 Å². The molecule has 1 aromatic heterocycles. The first kappa shape index (κ1) is 10.2. The van der Waals surface area contributed by atoms with Crippen molar-refractivity contribution in [3.8, 4) is 0 Å². The van der Waals surface area contributed by atoms with Crippen molar-refractivity contribution in [1.82, 2.24) is 4.57 Å². The summed E-state index contributed by atoms with van der Waals surface area (Å²) in [4.78, 5) is 11.2. The third kappa shape index (κ3) is 1.36. The lowest BCUT2D eigenvalue weighted by atomic mass is 10.1. The summed E-state index contributed by atoms with van der Waals surface area (Å²) in [5.74, 6) is -0.901. The van der Waals surface area contributed by atoms with E-state index in [0.29, 0.717) is 10.2 Å². The molecule has 2 aromatic rings. The Morgan fingerprint density at radius 1 is 1.47 bits per heavy atom. The van der Waals surface area contributed by atoms with Crippen LogP contribution in [0.1, 0.15) is 15.9 Å². The van der Waals surface area contributed by atoms with Crippen LogP contribution < -0.4 is 0 Å². The van der Waals surface area contributed by atoms with Gasteiger partial charge in [-0.05, 0) is 34.5 Å². The fourth-order valence-corrected chi connectivity index (χ4v) is 2.39. The number of rotatable bonds is 1. The number of carboxylic acids is 1. The van der Waals surface area contributed by atoms with Gasteiger partial charge in [-0.15, -0.1) is 0 Å². The summed E-state index contributed by atoms with van der Waals surface area (Å²) in [7, 11) is 1.85. The highest BCUT2D eigenvalue weighted by Crippen LogP contribution is 2.31. The number of fused-ring (bicyclic) bond motifs is 1. The number of hydrogen-bond acceptors (Lipinski definition) is 1. The predicted octanol–water partition coefficient (Wildman–Crippen LogP) is 2.95. The molecule has 0 aliphatic carbocycles. The van der Waals surface area contributed by atoms with E-state index in [1.54, 1.807) is 0 Å². The van der Waals surface area contributed by atoms with Crippen molar-refractivity contribution in [3.05, 3.63) is 33.9 Å². The average Bonchev–Trinajstić information content (AvgIpc) is 2.43. The number of carbonyl (C=O) groups is 1. The first-order valence-corrected chi connectivity index (χ1v) is 5.30. The second-order valence-electron chi connectivity index (χ2n) is 3.50. The van der Waals surface area contributed by atoms with E-state index >= 15 is 0 Å². The Kier molecular flexibility index (Phi) is 2.31. The maximum Gasteiger partial charge on any atom is 0.339 e. The van der Waals surface area contributed by atoms with Gasteiger partial charge < -0.3 is 9.67 Å². The van der Waals surface area contributed by atoms with Gasteiger partial charge in [-0.25, -0.2) is 4.79 Å². The zero-order valence-corrected chi connectivity index (χ0v) is 10.00. The predicted molar refractivity (Wildman–Crippen MR) is 62.3 cm³/mol. The number of hydrogen-bond donors (Lipinski definition) is 1. The molecule has 0 saturated carbocycles. The van der Waals surface area contributed by atoms with Gasteiger partial charge in [0.15, 0.2) is 0 Å². The second kappa shape index (κ2) is 3.38. The summed E-state index contributed by atoms with van der Waals surface area (Å²) in [5.41, 5.74) is 2.25. The van der Waals surface area contributed by atoms with Crippen LogP contribution in [0.25, 0.3) is 10.9 Å². The Morgan fingerprint density at radius 3 is 2.73 bits per heavy atom. The molecule has 1 heterocycles. The first-order valence-electron chi connectivity index (χ1n) is 4.51. The lowest BCUT2D eigenvalue weighted by Crippen LogP contribution is -1.97. The minimum absolute atomic E-state index is 0.339. The molecule has 0 atom stereocenters. The molecular weight excluding hydrogens is 258 g/mol. The number of carboxylic acid groups (broad SMARTS) is 1. The van der Waals surface area contributed by atoms with Crippen molar-refractivity contribution in [3.63, 3.8) is 0 Å². The molecule has 2 rings (SSSR count). The molecule has 0 spiro atoms. The topological polar surface area (TPSA) is 42.2 Å². The van der Waals surface area contributed by atoms with Crippen molar-refractivity contribution in [2.75, 3.05) is 0 Å². The first-order chi connectivity index (χ1) is 7.04. The third-order valence-corrected chi connectivity index (χ3v) is 3.51. The van der Waals surface area contributed by atoms with Crippen molar-refractivity contribution in [2.45, 2.75) is 6.92 Å². The quantitative estimate of drug-likeness (QED) is 0.863. The fraction of sp³-hybridized carbons (Fsp3) is 0.182. The summed E-state index contributed by atoms with van der Waals surface area (Å²) in [6.45, 7) is 1.92. The standard InChI is InChI=1S/C11H10BrNO2/c1-6-4-3-5-7-8(6)9(11(14)15)10(12)13(7)2/h3-5H,1-2H3,(H,14,15). The Morgan fingerprint density at radius 2 is 2.13 bits per heavy atom.